The van der Waals surface area contributed by atoms with E-state index in [-0.39, 0.29) is 11.9 Å². The van der Waals surface area contributed by atoms with E-state index in [4.69, 9.17) is 9.47 Å². The van der Waals surface area contributed by atoms with Gasteiger partial charge in [-0.2, -0.15) is 0 Å². The molecule has 1 aromatic carbocycles. The Balaban J connectivity index is 1.56. The van der Waals surface area contributed by atoms with Crippen LogP contribution in [0.2, 0.25) is 0 Å². The molecule has 0 saturated carbocycles. The van der Waals surface area contributed by atoms with Crippen molar-refractivity contribution in [2.45, 2.75) is 19.4 Å². The lowest BCUT2D eigenvalue weighted by atomic mass is 10.0. The molecule has 2 aliphatic rings. The Kier molecular flexibility index (Phi) is 4.55. The topological polar surface area (TPSA) is 59.6 Å². The third-order valence-electron chi connectivity index (χ3n) is 3.73. The lowest BCUT2D eigenvalue weighted by molar-refractivity contribution is -0.122. The summed E-state index contributed by atoms with van der Waals surface area (Å²) in [4.78, 5) is 11.9. The molecule has 0 bridgehead atoms. The number of thioether (sulfide) groups is 1. The highest BCUT2D eigenvalue weighted by Crippen LogP contribution is 2.33. The van der Waals surface area contributed by atoms with Crippen molar-refractivity contribution in [1.82, 2.24) is 10.6 Å². The number of carbonyl (C=O) groups excluding carboxylic acids is 1. The van der Waals surface area contributed by atoms with Crippen LogP contribution in [0.4, 0.5) is 0 Å². The van der Waals surface area contributed by atoms with E-state index in [2.05, 4.69) is 17.6 Å². The number of rotatable bonds is 4. The quantitative estimate of drug-likeness (QED) is 0.872. The molecule has 5 nitrogen and oxygen atoms in total. The first-order chi connectivity index (χ1) is 10.2. The number of aryl methyl sites for hydroxylation is 1. The van der Waals surface area contributed by atoms with Crippen LogP contribution in [-0.4, -0.2) is 43.3 Å². The Morgan fingerprint density at radius 1 is 1.38 bits per heavy atom. The average Bonchev–Trinajstić information content (AvgIpc) is 3.02. The number of ether oxygens (including phenoxy) is 2. The molecule has 2 heterocycles. The molecule has 2 N–H and O–H groups in total. The largest absolute Gasteiger partial charge is 0.486 e. The molecular formula is C15H20N2O3S. The highest BCUT2D eigenvalue weighted by Gasteiger charge is 2.22. The lowest BCUT2D eigenvalue weighted by Gasteiger charge is -2.20. The van der Waals surface area contributed by atoms with Crippen molar-refractivity contribution in [1.29, 1.82) is 0 Å². The van der Waals surface area contributed by atoms with Crippen molar-refractivity contribution >= 4 is 17.7 Å². The number of benzene rings is 1. The van der Waals surface area contributed by atoms with Gasteiger partial charge in [0.15, 0.2) is 11.5 Å². The first-order valence-electron chi connectivity index (χ1n) is 7.22. The zero-order chi connectivity index (χ0) is 14.7. The summed E-state index contributed by atoms with van der Waals surface area (Å²) in [6.45, 7) is 3.90. The Morgan fingerprint density at radius 2 is 2.14 bits per heavy atom. The van der Waals surface area contributed by atoms with E-state index in [9.17, 15) is 4.79 Å². The van der Waals surface area contributed by atoms with E-state index in [0.29, 0.717) is 19.8 Å². The summed E-state index contributed by atoms with van der Waals surface area (Å²) in [6, 6.07) is 4.00. The van der Waals surface area contributed by atoms with Crippen LogP contribution in [-0.2, 0) is 11.2 Å². The Bertz CT molecular complexity index is 530. The Labute approximate surface area is 128 Å². The Morgan fingerprint density at radius 3 is 2.86 bits per heavy atom. The number of amides is 1. The highest BCUT2D eigenvalue weighted by molar-refractivity contribution is 7.99. The van der Waals surface area contributed by atoms with E-state index in [1.165, 1.54) is 11.1 Å². The smallest absolute Gasteiger partial charge is 0.238 e. The van der Waals surface area contributed by atoms with Crippen LogP contribution >= 0.6 is 11.8 Å². The van der Waals surface area contributed by atoms with Gasteiger partial charge in [0.2, 0.25) is 5.91 Å². The average molecular weight is 308 g/mol. The minimum atomic E-state index is -0.0450. The summed E-state index contributed by atoms with van der Waals surface area (Å²) in [5.41, 5.74) is 2.36. The summed E-state index contributed by atoms with van der Waals surface area (Å²) < 4.78 is 11.2. The van der Waals surface area contributed by atoms with Gasteiger partial charge < -0.3 is 14.8 Å². The summed E-state index contributed by atoms with van der Waals surface area (Å²) in [6.07, 6.45) is 0.800. The third kappa shape index (κ3) is 3.44. The summed E-state index contributed by atoms with van der Waals surface area (Å²) in [5.74, 6) is 3.43. The van der Waals surface area contributed by atoms with Crippen LogP contribution in [0.15, 0.2) is 12.1 Å². The predicted molar refractivity (Wildman–Crippen MR) is 83.1 cm³/mol. The highest BCUT2D eigenvalue weighted by atomic mass is 32.2. The second-order valence-electron chi connectivity index (χ2n) is 5.24. The maximum Gasteiger partial charge on any atom is 0.238 e. The molecule has 21 heavy (non-hydrogen) atoms. The van der Waals surface area contributed by atoms with Gasteiger partial charge in [-0.05, 0) is 36.6 Å². The second kappa shape index (κ2) is 6.58. The minimum Gasteiger partial charge on any atom is -0.486 e. The van der Waals surface area contributed by atoms with Gasteiger partial charge >= 0.3 is 0 Å². The summed E-state index contributed by atoms with van der Waals surface area (Å²) in [7, 11) is 0. The van der Waals surface area contributed by atoms with Crippen LogP contribution in [0.5, 0.6) is 11.5 Å². The molecule has 1 unspecified atom stereocenters. The van der Waals surface area contributed by atoms with Crippen molar-refractivity contribution in [3.8, 4) is 11.5 Å². The van der Waals surface area contributed by atoms with Crippen LogP contribution < -0.4 is 20.1 Å². The molecule has 1 atom stereocenters. The standard InChI is InChI=1S/C15H20N2O3S/c1-10-6-13-14(20-5-4-19-13)7-11(10)2-3-16-15(18)12-8-21-9-17-12/h6-7,12,17H,2-5,8-9H2,1H3,(H,16,18). The van der Waals surface area contributed by atoms with Gasteiger partial charge in [-0.25, -0.2) is 0 Å². The number of hydrogen-bond acceptors (Lipinski definition) is 5. The molecule has 1 fully saturated rings. The fourth-order valence-corrected chi connectivity index (χ4v) is 3.45. The molecule has 3 rings (SSSR count). The predicted octanol–water partition coefficient (Wildman–Crippen LogP) is 1.09. The maximum atomic E-state index is 11.9. The van der Waals surface area contributed by atoms with Gasteiger partial charge in [-0.1, -0.05) is 0 Å². The first-order valence-corrected chi connectivity index (χ1v) is 8.37. The SMILES string of the molecule is Cc1cc2c(cc1CCNC(=O)C1CSCN1)OCCO2. The molecule has 2 aliphatic heterocycles. The van der Waals surface area contributed by atoms with Crippen LogP contribution in [0.3, 0.4) is 0 Å². The van der Waals surface area contributed by atoms with E-state index < -0.39 is 0 Å². The molecule has 114 valence electrons. The first kappa shape index (κ1) is 14.5. The van der Waals surface area contributed by atoms with Gasteiger partial charge in [0.05, 0.1) is 6.04 Å². The Hall–Kier alpha value is -1.40. The number of hydrogen-bond donors (Lipinski definition) is 2. The summed E-state index contributed by atoms with van der Waals surface area (Å²) in [5, 5.41) is 6.17. The zero-order valence-electron chi connectivity index (χ0n) is 12.1. The normalized spacial score (nSPS) is 20.3. The van der Waals surface area contributed by atoms with E-state index in [0.717, 1.165) is 29.5 Å². The van der Waals surface area contributed by atoms with Crippen molar-refractivity contribution in [2.75, 3.05) is 31.4 Å². The number of fused-ring (bicyclic) bond motifs is 1. The van der Waals surface area contributed by atoms with E-state index >= 15 is 0 Å². The summed E-state index contributed by atoms with van der Waals surface area (Å²) >= 11 is 1.76. The van der Waals surface area contributed by atoms with Crippen LogP contribution in [0.1, 0.15) is 11.1 Å². The molecule has 1 amide bonds. The molecule has 0 aromatic heterocycles. The number of carbonyl (C=O) groups is 1. The van der Waals surface area contributed by atoms with Crippen LogP contribution in [0.25, 0.3) is 0 Å². The van der Waals surface area contributed by atoms with Crippen molar-refractivity contribution < 1.29 is 14.3 Å². The van der Waals surface area contributed by atoms with Gasteiger partial charge in [0.1, 0.15) is 13.2 Å². The van der Waals surface area contributed by atoms with Crippen molar-refractivity contribution in [2.24, 2.45) is 0 Å². The third-order valence-corrected chi connectivity index (χ3v) is 4.67. The molecular weight excluding hydrogens is 288 g/mol. The van der Waals surface area contributed by atoms with Gasteiger partial charge in [0, 0.05) is 18.2 Å². The molecule has 0 radical (unpaired) electrons. The van der Waals surface area contributed by atoms with Crippen molar-refractivity contribution in [3.63, 3.8) is 0 Å². The van der Waals surface area contributed by atoms with E-state index in [1.54, 1.807) is 11.8 Å². The molecule has 0 aliphatic carbocycles. The molecule has 6 heteroatoms. The zero-order valence-corrected chi connectivity index (χ0v) is 12.9. The van der Waals surface area contributed by atoms with Gasteiger partial charge in [0.25, 0.3) is 0 Å². The van der Waals surface area contributed by atoms with Gasteiger partial charge in [-0.15, -0.1) is 11.8 Å². The fraction of sp³-hybridized carbons (Fsp3) is 0.533. The van der Waals surface area contributed by atoms with Gasteiger partial charge in [-0.3, -0.25) is 10.1 Å². The maximum absolute atomic E-state index is 11.9. The molecule has 1 aromatic rings. The monoisotopic (exact) mass is 308 g/mol. The van der Waals surface area contributed by atoms with E-state index in [1.807, 2.05) is 12.1 Å². The number of nitrogens with one attached hydrogen (secondary N) is 2. The fourth-order valence-electron chi connectivity index (χ4n) is 2.51. The second-order valence-corrected chi connectivity index (χ2v) is 6.27. The van der Waals surface area contributed by atoms with Crippen LogP contribution in [0, 0.1) is 6.92 Å². The molecule has 0 spiro atoms. The molecule has 1 saturated heterocycles. The van der Waals surface area contributed by atoms with Crippen molar-refractivity contribution in [3.05, 3.63) is 23.3 Å². The lowest BCUT2D eigenvalue weighted by Crippen LogP contribution is -2.42. The minimum absolute atomic E-state index is 0.0450.